The van der Waals surface area contributed by atoms with Crippen molar-refractivity contribution in [2.75, 3.05) is 20.0 Å². The number of carbonyl (C=O) groups is 1. The molecule has 0 aliphatic rings. The molecular weight excluding hydrogens is 376 g/mol. The molecule has 0 amide bonds. The van der Waals surface area contributed by atoms with Gasteiger partial charge in [0.15, 0.2) is 22.4 Å². The molecule has 0 saturated heterocycles. The van der Waals surface area contributed by atoms with Gasteiger partial charge < -0.3 is 9.47 Å². The van der Waals surface area contributed by atoms with Crippen LogP contribution in [0.25, 0.3) is 10.9 Å². The molecule has 144 valence electrons. The molecule has 1 aromatic heterocycles. The van der Waals surface area contributed by atoms with Crippen LogP contribution < -0.4 is 15.0 Å². The van der Waals surface area contributed by atoms with Gasteiger partial charge in [-0.1, -0.05) is 30.0 Å². The van der Waals surface area contributed by atoms with Gasteiger partial charge in [-0.05, 0) is 30.3 Å². The van der Waals surface area contributed by atoms with E-state index in [1.165, 1.54) is 23.4 Å². The molecule has 28 heavy (non-hydrogen) atoms. The van der Waals surface area contributed by atoms with E-state index in [2.05, 4.69) is 11.6 Å². The van der Waals surface area contributed by atoms with Crippen molar-refractivity contribution in [3.05, 3.63) is 71.0 Å². The Balaban J connectivity index is 1.88. The first-order chi connectivity index (χ1) is 13.6. The van der Waals surface area contributed by atoms with Crippen LogP contribution in [0.5, 0.6) is 11.5 Å². The number of benzene rings is 2. The largest absolute Gasteiger partial charge is 0.493 e. The lowest BCUT2D eigenvalue weighted by Crippen LogP contribution is -2.23. The summed E-state index contributed by atoms with van der Waals surface area (Å²) in [6, 6.07) is 12.2. The third kappa shape index (κ3) is 3.94. The molecule has 0 radical (unpaired) electrons. The lowest BCUT2D eigenvalue weighted by molar-refractivity contribution is 0.102. The summed E-state index contributed by atoms with van der Waals surface area (Å²) in [6.07, 6.45) is 1.64. The first kappa shape index (κ1) is 19.7. The average Bonchev–Trinajstić information content (AvgIpc) is 2.73. The minimum Gasteiger partial charge on any atom is -0.493 e. The molecule has 1 heterocycles. The number of para-hydroxylation sites is 1. The Labute approximate surface area is 166 Å². The normalized spacial score (nSPS) is 10.6. The summed E-state index contributed by atoms with van der Waals surface area (Å²) in [4.78, 5) is 30.0. The van der Waals surface area contributed by atoms with E-state index in [4.69, 9.17) is 9.47 Å². The maximum absolute atomic E-state index is 12.8. The maximum atomic E-state index is 12.8. The predicted molar refractivity (Wildman–Crippen MR) is 111 cm³/mol. The van der Waals surface area contributed by atoms with E-state index in [1.54, 1.807) is 49.6 Å². The van der Waals surface area contributed by atoms with Crippen LogP contribution >= 0.6 is 11.8 Å². The lowest BCUT2D eigenvalue weighted by atomic mass is 10.1. The van der Waals surface area contributed by atoms with E-state index in [-0.39, 0.29) is 17.1 Å². The topological polar surface area (TPSA) is 70.4 Å². The standard InChI is InChI=1S/C21H20N2O4S/c1-4-11-23-20(25)15-7-5-6-8-16(15)22-21(23)28-13-17(24)14-9-10-18(26-2)19(12-14)27-3/h4-10,12H,1,11,13H2,2-3H3. The highest BCUT2D eigenvalue weighted by molar-refractivity contribution is 7.99. The number of methoxy groups -OCH3 is 2. The van der Waals surface area contributed by atoms with Crippen LogP contribution in [0.1, 0.15) is 10.4 Å². The number of Topliss-reactive ketones (excluding diaryl/α,β-unsaturated/α-hetero) is 1. The van der Waals surface area contributed by atoms with Crippen molar-refractivity contribution in [3.63, 3.8) is 0 Å². The summed E-state index contributed by atoms with van der Waals surface area (Å²) in [7, 11) is 3.06. The zero-order valence-electron chi connectivity index (χ0n) is 15.7. The Bertz CT molecular complexity index is 1090. The van der Waals surface area contributed by atoms with Gasteiger partial charge in [0, 0.05) is 12.1 Å². The SMILES string of the molecule is C=CCn1c(SCC(=O)c2ccc(OC)c(OC)c2)nc2ccccc2c1=O. The molecule has 0 unspecified atom stereocenters. The zero-order chi connectivity index (χ0) is 20.1. The Morgan fingerprint density at radius 2 is 1.93 bits per heavy atom. The fraction of sp³-hybridized carbons (Fsp3) is 0.190. The first-order valence-electron chi connectivity index (χ1n) is 8.57. The molecule has 2 aromatic carbocycles. The number of ether oxygens (including phenoxy) is 2. The van der Waals surface area contributed by atoms with Crippen LogP contribution in [0, 0.1) is 0 Å². The van der Waals surface area contributed by atoms with E-state index in [0.717, 1.165) is 0 Å². The highest BCUT2D eigenvalue weighted by atomic mass is 32.2. The van der Waals surface area contributed by atoms with E-state index in [9.17, 15) is 9.59 Å². The van der Waals surface area contributed by atoms with Crippen molar-refractivity contribution in [3.8, 4) is 11.5 Å². The molecule has 0 aliphatic heterocycles. The van der Waals surface area contributed by atoms with Crippen molar-refractivity contribution < 1.29 is 14.3 Å². The number of thioether (sulfide) groups is 1. The molecule has 7 heteroatoms. The molecule has 3 aromatic rings. The number of hydrogen-bond donors (Lipinski definition) is 0. The van der Waals surface area contributed by atoms with Crippen molar-refractivity contribution in [1.82, 2.24) is 9.55 Å². The number of hydrogen-bond acceptors (Lipinski definition) is 6. The number of nitrogens with zero attached hydrogens (tertiary/aromatic N) is 2. The van der Waals surface area contributed by atoms with Crippen LogP contribution in [0.2, 0.25) is 0 Å². The van der Waals surface area contributed by atoms with Crippen LogP contribution in [0.15, 0.2) is 65.1 Å². The van der Waals surface area contributed by atoms with E-state index >= 15 is 0 Å². The number of rotatable bonds is 8. The van der Waals surface area contributed by atoms with Crippen molar-refractivity contribution in [2.24, 2.45) is 0 Å². The number of fused-ring (bicyclic) bond motifs is 1. The van der Waals surface area contributed by atoms with E-state index in [1.807, 2.05) is 6.07 Å². The summed E-state index contributed by atoms with van der Waals surface area (Å²) in [5.74, 6) is 1.09. The van der Waals surface area contributed by atoms with Crippen LogP contribution in [0.4, 0.5) is 0 Å². The van der Waals surface area contributed by atoms with Gasteiger partial charge in [-0.25, -0.2) is 4.98 Å². The van der Waals surface area contributed by atoms with Gasteiger partial charge in [-0.15, -0.1) is 6.58 Å². The van der Waals surface area contributed by atoms with Gasteiger partial charge in [0.05, 0.1) is 30.9 Å². The Morgan fingerprint density at radius 1 is 1.18 bits per heavy atom. The summed E-state index contributed by atoms with van der Waals surface area (Å²) >= 11 is 1.22. The Kier molecular flexibility index (Phi) is 6.16. The number of allylic oxidation sites excluding steroid dienone is 1. The fourth-order valence-corrected chi connectivity index (χ4v) is 3.67. The van der Waals surface area contributed by atoms with Crippen LogP contribution in [0.3, 0.4) is 0 Å². The maximum Gasteiger partial charge on any atom is 0.262 e. The monoisotopic (exact) mass is 396 g/mol. The zero-order valence-corrected chi connectivity index (χ0v) is 16.5. The molecule has 6 nitrogen and oxygen atoms in total. The number of ketones is 1. The second kappa shape index (κ2) is 8.75. The summed E-state index contributed by atoms with van der Waals surface area (Å²) < 4.78 is 12.0. The molecule has 3 rings (SSSR count). The Hall–Kier alpha value is -3.06. The van der Waals surface area contributed by atoms with Gasteiger partial charge in [-0.2, -0.15) is 0 Å². The molecular formula is C21H20N2O4S. The quantitative estimate of drug-likeness (QED) is 0.251. The predicted octanol–water partition coefficient (Wildman–Crippen LogP) is 3.57. The third-order valence-electron chi connectivity index (χ3n) is 4.18. The smallest absolute Gasteiger partial charge is 0.262 e. The van der Waals surface area contributed by atoms with Gasteiger partial charge in [0.2, 0.25) is 0 Å². The first-order valence-corrected chi connectivity index (χ1v) is 9.56. The van der Waals surface area contributed by atoms with E-state index in [0.29, 0.717) is 39.7 Å². The molecule has 0 spiro atoms. The number of carbonyl (C=O) groups excluding carboxylic acids is 1. The molecule has 0 aliphatic carbocycles. The van der Waals surface area contributed by atoms with Crippen molar-refractivity contribution in [1.29, 1.82) is 0 Å². The van der Waals surface area contributed by atoms with Gasteiger partial charge >= 0.3 is 0 Å². The van der Waals surface area contributed by atoms with Crippen molar-refractivity contribution >= 4 is 28.4 Å². The minimum atomic E-state index is -0.147. The molecule has 0 saturated carbocycles. The van der Waals surface area contributed by atoms with Gasteiger partial charge in [-0.3, -0.25) is 14.2 Å². The molecule has 0 bridgehead atoms. The summed E-state index contributed by atoms with van der Waals surface area (Å²) in [5.41, 5.74) is 0.962. The fourth-order valence-electron chi connectivity index (χ4n) is 2.77. The molecule has 0 atom stereocenters. The van der Waals surface area contributed by atoms with Crippen molar-refractivity contribution in [2.45, 2.75) is 11.7 Å². The lowest BCUT2D eigenvalue weighted by Gasteiger charge is -2.12. The average molecular weight is 396 g/mol. The summed E-state index contributed by atoms with van der Waals surface area (Å²) in [6.45, 7) is 4.03. The van der Waals surface area contributed by atoms with Gasteiger partial charge in [0.1, 0.15) is 0 Å². The minimum absolute atomic E-state index is 0.0986. The highest BCUT2D eigenvalue weighted by Gasteiger charge is 2.15. The second-order valence-electron chi connectivity index (χ2n) is 5.90. The Morgan fingerprint density at radius 3 is 2.64 bits per heavy atom. The molecule has 0 fully saturated rings. The van der Waals surface area contributed by atoms with Crippen LogP contribution in [-0.4, -0.2) is 35.3 Å². The number of aromatic nitrogens is 2. The van der Waals surface area contributed by atoms with Gasteiger partial charge in [0.25, 0.3) is 5.56 Å². The highest BCUT2D eigenvalue weighted by Crippen LogP contribution is 2.28. The molecule has 0 N–H and O–H groups in total. The van der Waals surface area contributed by atoms with E-state index < -0.39 is 0 Å². The summed E-state index contributed by atoms with van der Waals surface area (Å²) in [5, 5.41) is 1.03. The second-order valence-corrected chi connectivity index (χ2v) is 6.84. The third-order valence-corrected chi connectivity index (χ3v) is 5.15. The van der Waals surface area contributed by atoms with Crippen LogP contribution in [-0.2, 0) is 6.54 Å².